The van der Waals surface area contributed by atoms with Gasteiger partial charge in [-0.2, -0.15) is 23.3 Å². The average Bonchev–Trinajstić information content (AvgIpc) is 3.44. The lowest BCUT2D eigenvalue weighted by molar-refractivity contribution is -0.206. The first-order valence-electron chi connectivity index (χ1n) is 14.9. The second-order valence-corrected chi connectivity index (χ2v) is 11.5. The van der Waals surface area contributed by atoms with Crippen molar-refractivity contribution in [3.63, 3.8) is 0 Å². The number of fused-ring (bicyclic) bond motifs is 1. The van der Waals surface area contributed by atoms with Crippen molar-refractivity contribution in [3.05, 3.63) is 90.4 Å². The highest BCUT2D eigenvalue weighted by molar-refractivity contribution is 6.32. The minimum absolute atomic E-state index is 0.107. The van der Waals surface area contributed by atoms with Crippen molar-refractivity contribution in [1.82, 2.24) is 19.7 Å². The van der Waals surface area contributed by atoms with E-state index in [2.05, 4.69) is 37.0 Å². The zero-order chi connectivity index (χ0) is 34.0. The fourth-order valence-corrected chi connectivity index (χ4v) is 5.76. The molecule has 0 radical (unpaired) electrons. The topological polar surface area (TPSA) is 135 Å². The number of nitrogens with zero attached hydrogens (tertiary/aromatic N) is 6. The van der Waals surface area contributed by atoms with E-state index in [1.807, 2.05) is 30.3 Å². The summed E-state index contributed by atoms with van der Waals surface area (Å²) in [6.07, 6.45) is -0.159. The summed E-state index contributed by atoms with van der Waals surface area (Å²) in [7, 11) is 0. The number of benzene rings is 2. The van der Waals surface area contributed by atoms with E-state index in [1.54, 1.807) is 46.2 Å². The maximum Gasteiger partial charge on any atom is 0.490 e. The largest absolute Gasteiger partial charge is 0.490 e. The minimum Gasteiger partial charge on any atom is -0.456 e. The number of rotatable bonds is 8. The Morgan fingerprint density at radius 1 is 1.04 bits per heavy atom. The molecule has 248 valence electrons. The molecular formula is C32H28ClF3N8O4. The van der Waals surface area contributed by atoms with Gasteiger partial charge in [0.05, 0.1) is 30.2 Å². The van der Waals surface area contributed by atoms with Gasteiger partial charge in [-0.05, 0) is 62.1 Å². The van der Waals surface area contributed by atoms with Crippen molar-refractivity contribution in [3.8, 4) is 0 Å². The van der Waals surface area contributed by atoms with Gasteiger partial charge in [0.25, 0.3) is 0 Å². The van der Waals surface area contributed by atoms with Crippen LogP contribution in [0.5, 0.6) is 0 Å². The van der Waals surface area contributed by atoms with Gasteiger partial charge in [-0.3, -0.25) is 14.4 Å². The molecular weight excluding hydrogens is 653 g/mol. The van der Waals surface area contributed by atoms with Crippen molar-refractivity contribution in [2.24, 2.45) is 0 Å². The number of esters is 1. The molecule has 3 amide bonds. The van der Waals surface area contributed by atoms with Crippen molar-refractivity contribution in [2.75, 3.05) is 20.4 Å². The molecule has 1 aliphatic carbocycles. The number of anilines is 6. The minimum atomic E-state index is -5.04. The Morgan fingerprint density at radius 3 is 2.48 bits per heavy atom. The molecule has 4 aromatic rings. The third kappa shape index (κ3) is 6.95. The first kappa shape index (κ1) is 32.5. The summed E-state index contributed by atoms with van der Waals surface area (Å²) in [5.41, 5.74) is 2.58. The van der Waals surface area contributed by atoms with Gasteiger partial charge in [-0.1, -0.05) is 42.4 Å². The summed E-state index contributed by atoms with van der Waals surface area (Å²) in [4.78, 5) is 49.4. The highest BCUT2D eigenvalue weighted by atomic mass is 35.5. The Bertz CT molecular complexity index is 1860. The highest BCUT2D eigenvalue weighted by Crippen LogP contribution is 2.38. The number of aromatic nitrogens is 4. The molecule has 48 heavy (non-hydrogen) atoms. The van der Waals surface area contributed by atoms with E-state index in [9.17, 15) is 27.6 Å². The van der Waals surface area contributed by atoms with Gasteiger partial charge in [0.1, 0.15) is 6.10 Å². The lowest BCUT2D eigenvalue weighted by atomic mass is 9.93. The molecule has 0 saturated heterocycles. The Balaban J connectivity index is 1.25. The van der Waals surface area contributed by atoms with Crippen LogP contribution in [-0.2, 0) is 20.9 Å². The number of alkyl halides is 3. The predicted octanol–water partition coefficient (Wildman–Crippen LogP) is 7.06. The molecule has 16 heteroatoms. The molecule has 0 atom stereocenters. The Hall–Kier alpha value is -5.44. The van der Waals surface area contributed by atoms with Crippen LogP contribution in [0.4, 0.5) is 52.5 Å². The Morgan fingerprint density at radius 2 is 1.77 bits per heavy atom. The molecule has 2 aromatic carbocycles. The van der Waals surface area contributed by atoms with Crippen LogP contribution in [-0.4, -0.2) is 49.9 Å². The number of halogens is 4. The number of urea groups is 1. The number of nitrogens with one attached hydrogen (secondary N) is 2. The van der Waals surface area contributed by atoms with Gasteiger partial charge >= 0.3 is 18.2 Å². The standard InChI is InChI=1S/C32H28ClF3N8O4/c1-2-26(45)38-20-7-6-10-23(15-20)44-28-19(17-42(31(44)47)21-8-4-3-5-9-21)16-37-30(40-28)39-25-18-43(41-27(25)33)22-11-13-24(14-12-22)48-29(46)32(34,35)36/h2-10,15-16,18,22,24H,1,11-14,17H2,(H,38,45)(H,37,39,40). The van der Waals surface area contributed by atoms with Crippen molar-refractivity contribution in [2.45, 2.75) is 50.6 Å². The zero-order valence-corrected chi connectivity index (χ0v) is 25.9. The second kappa shape index (κ2) is 13.4. The third-order valence-corrected chi connectivity index (χ3v) is 8.16. The number of hydrogen-bond acceptors (Lipinski definition) is 8. The van der Waals surface area contributed by atoms with E-state index < -0.39 is 24.2 Å². The van der Waals surface area contributed by atoms with Crippen LogP contribution >= 0.6 is 11.6 Å². The normalized spacial score (nSPS) is 17.8. The smallest absolute Gasteiger partial charge is 0.456 e. The molecule has 6 rings (SSSR count). The SMILES string of the molecule is C=CC(=O)Nc1cccc(N2C(=O)N(c3ccccc3)Cc3cnc(Nc4cn(C5CCC(OC(=O)C(F)(F)F)CC5)nc4Cl)nc32)c1. The summed E-state index contributed by atoms with van der Waals surface area (Å²) in [5, 5.41) is 10.2. The molecule has 0 unspecified atom stereocenters. The summed E-state index contributed by atoms with van der Waals surface area (Å²) in [5.74, 6) is -2.16. The highest BCUT2D eigenvalue weighted by Gasteiger charge is 2.43. The molecule has 2 N–H and O–H groups in total. The maximum atomic E-state index is 14.1. The third-order valence-electron chi connectivity index (χ3n) is 7.89. The van der Waals surface area contributed by atoms with Gasteiger partial charge in [0.2, 0.25) is 11.9 Å². The van der Waals surface area contributed by atoms with Crippen LogP contribution < -0.4 is 20.4 Å². The second-order valence-electron chi connectivity index (χ2n) is 11.1. The molecule has 12 nitrogen and oxygen atoms in total. The number of ether oxygens (including phenoxy) is 1. The van der Waals surface area contributed by atoms with E-state index in [0.717, 1.165) is 6.08 Å². The molecule has 1 aliphatic heterocycles. The number of para-hydroxylation sites is 1. The molecule has 2 aliphatic rings. The van der Waals surface area contributed by atoms with E-state index in [1.165, 1.54) is 4.90 Å². The summed E-state index contributed by atoms with van der Waals surface area (Å²) < 4.78 is 44.0. The maximum absolute atomic E-state index is 14.1. The van der Waals surface area contributed by atoms with Crippen molar-refractivity contribution < 1.29 is 32.3 Å². The van der Waals surface area contributed by atoms with Crippen molar-refractivity contribution in [1.29, 1.82) is 0 Å². The van der Waals surface area contributed by atoms with Gasteiger partial charge in [0.15, 0.2) is 11.0 Å². The summed E-state index contributed by atoms with van der Waals surface area (Å²) in [6, 6.07) is 15.3. The lowest BCUT2D eigenvalue weighted by Gasteiger charge is -2.36. The van der Waals surface area contributed by atoms with Crippen LogP contribution in [0.1, 0.15) is 37.3 Å². The Labute approximate surface area is 277 Å². The first-order valence-corrected chi connectivity index (χ1v) is 15.2. The van der Waals surface area contributed by atoms with Crippen LogP contribution in [0.2, 0.25) is 5.15 Å². The molecule has 1 fully saturated rings. The Kier molecular flexibility index (Phi) is 9.04. The predicted molar refractivity (Wildman–Crippen MR) is 171 cm³/mol. The molecule has 0 spiro atoms. The lowest BCUT2D eigenvalue weighted by Crippen LogP contribution is -2.45. The quantitative estimate of drug-likeness (QED) is 0.149. The summed E-state index contributed by atoms with van der Waals surface area (Å²) in [6.45, 7) is 3.68. The van der Waals surface area contributed by atoms with E-state index in [-0.39, 0.29) is 42.6 Å². The van der Waals surface area contributed by atoms with Gasteiger partial charge in [-0.15, -0.1) is 0 Å². The number of amides is 3. The number of carbonyl (C=O) groups excluding carboxylic acids is 3. The van der Waals surface area contributed by atoms with Gasteiger partial charge < -0.3 is 15.4 Å². The van der Waals surface area contributed by atoms with Gasteiger partial charge in [-0.25, -0.2) is 19.5 Å². The number of hydrogen-bond donors (Lipinski definition) is 2. The van der Waals surface area contributed by atoms with Gasteiger partial charge in [0, 0.05) is 23.1 Å². The van der Waals surface area contributed by atoms with Crippen LogP contribution in [0, 0.1) is 0 Å². The summed E-state index contributed by atoms with van der Waals surface area (Å²) >= 11 is 6.45. The number of carbonyl (C=O) groups is 3. The molecule has 0 bridgehead atoms. The van der Waals surface area contributed by atoms with E-state index >= 15 is 0 Å². The molecule has 2 aromatic heterocycles. The van der Waals surface area contributed by atoms with E-state index in [4.69, 9.17) is 11.6 Å². The van der Waals surface area contributed by atoms with Crippen LogP contribution in [0.15, 0.2) is 79.6 Å². The first-order chi connectivity index (χ1) is 23.0. The van der Waals surface area contributed by atoms with Crippen LogP contribution in [0.3, 0.4) is 0 Å². The monoisotopic (exact) mass is 680 g/mol. The van der Waals surface area contributed by atoms with Crippen LogP contribution in [0.25, 0.3) is 0 Å². The molecule has 1 saturated carbocycles. The van der Waals surface area contributed by atoms with Crippen molar-refractivity contribution >= 4 is 64.0 Å². The zero-order valence-electron chi connectivity index (χ0n) is 25.2. The van der Waals surface area contributed by atoms with E-state index in [0.29, 0.717) is 47.0 Å². The molecule has 3 heterocycles. The average molecular weight is 681 g/mol. The fourth-order valence-electron chi connectivity index (χ4n) is 5.58. The fraction of sp³-hybridized carbons (Fsp3) is 0.250.